The first-order valence-electron chi connectivity index (χ1n) is 11.2. The Morgan fingerprint density at radius 1 is 1.21 bits per heavy atom. The van der Waals surface area contributed by atoms with Gasteiger partial charge in [-0.05, 0) is 69.7 Å². The highest BCUT2D eigenvalue weighted by atomic mass is 19.1. The third kappa shape index (κ3) is 12.2. The second-order valence-corrected chi connectivity index (χ2v) is 7.67. The molecule has 2 rings (SSSR count). The van der Waals surface area contributed by atoms with E-state index < -0.39 is 0 Å². The number of halogens is 1. The third-order valence-electron chi connectivity index (χ3n) is 5.23. The van der Waals surface area contributed by atoms with E-state index in [1.165, 1.54) is 38.2 Å². The lowest BCUT2D eigenvalue weighted by atomic mass is 10.1. The number of ether oxygens (including phenoxy) is 2. The molecule has 1 aromatic carbocycles. The van der Waals surface area contributed by atoms with Gasteiger partial charge >= 0.3 is 0 Å². The molecule has 4 nitrogen and oxygen atoms in total. The molecule has 2 N–H and O–H groups in total. The van der Waals surface area contributed by atoms with Crippen LogP contribution in [-0.2, 0) is 4.74 Å². The van der Waals surface area contributed by atoms with E-state index in [1.807, 2.05) is 20.0 Å². The molecule has 1 unspecified atom stereocenters. The molecule has 1 aliphatic rings. The first-order valence-corrected chi connectivity index (χ1v) is 11.2. The van der Waals surface area contributed by atoms with Crippen LogP contribution in [0.5, 0.6) is 5.75 Å². The predicted molar refractivity (Wildman–Crippen MR) is 122 cm³/mol. The molecule has 2 atom stereocenters. The van der Waals surface area contributed by atoms with E-state index in [9.17, 15) is 4.39 Å². The van der Waals surface area contributed by atoms with Crippen molar-refractivity contribution in [1.29, 1.82) is 0 Å². The van der Waals surface area contributed by atoms with Crippen LogP contribution in [0.4, 0.5) is 4.39 Å². The third-order valence-corrected chi connectivity index (χ3v) is 5.23. The maximum absolute atomic E-state index is 13.6. The van der Waals surface area contributed by atoms with Gasteiger partial charge in [0, 0.05) is 27.8 Å². The number of unbranched alkanes of at least 4 members (excludes halogenated alkanes) is 1. The summed E-state index contributed by atoms with van der Waals surface area (Å²) in [6.45, 7) is 10.6. The van der Waals surface area contributed by atoms with Gasteiger partial charge in [-0.15, -0.1) is 0 Å². The minimum absolute atomic E-state index is 0. The second-order valence-electron chi connectivity index (χ2n) is 7.67. The Morgan fingerprint density at radius 2 is 1.86 bits per heavy atom. The summed E-state index contributed by atoms with van der Waals surface area (Å²) in [6.07, 6.45) is 8.35. The van der Waals surface area contributed by atoms with Crippen molar-refractivity contribution in [3.05, 3.63) is 29.6 Å². The van der Waals surface area contributed by atoms with Crippen LogP contribution in [0.25, 0.3) is 0 Å². The molecule has 0 heterocycles. The van der Waals surface area contributed by atoms with Crippen LogP contribution in [0.15, 0.2) is 18.2 Å². The molecule has 172 valence electrons. The summed E-state index contributed by atoms with van der Waals surface area (Å²) < 4.78 is 24.8. The molecule has 29 heavy (non-hydrogen) atoms. The van der Waals surface area contributed by atoms with E-state index >= 15 is 0 Å². The maximum Gasteiger partial charge on any atom is 0.165 e. The normalized spacial score (nSPS) is 15.6. The molecular weight excluding hydrogens is 369 g/mol. The highest BCUT2D eigenvalue weighted by Gasteiger charge is 2.18. The fourth-order valence-corrected chi connectivity index (χ4v) is 2.88. The number of rotatable bonds is 10. The summed E-state index contributed by atoms with van der Waals surface area (Å²) >= 11 is 0. The smallest absolute Gasteiger partial charge is 0.165 e. The van der Waals surface area contributed by atoms with Gasteiger partial charge in [-0.1, -0.05) is 39.7 Å². The molecule has 1 aliphatic carbocycles. The van der Waals surface area contributed by atoms with Gasteiger partial charge in [0.1, 0.15) is 0 Å². The number of aliphatic hydroxyl groups is 1. The molecule has 1 saturated carbocycles. The Bertz CT molecular complexity index is 513. The highest BCUT2D eigenvalue weighted by molar-refractivity contribution is 5.32. The number of aliphatic hydroxyl groups excluding tert-OH is 1. The van der Waals surface area contributed by atoms with Gasteiger partial charge in [0.15, 0.2) is 11.6 Å². The Balaban J connectivity index is 0. The topological polar surface area (TPSA) is 50.7 Å². The Kier molecular flexibility index (Phi) is 17.0. The van der Waals surface area contributed by atoms with Gasteiger partial charge in [0.05, 0.1) is 6.10 Å². The van der Waals surface area contributed by atoms with Crippen LogP contribution in [0.2, 0.25) is 0 Å². The molecule has 0 bridgehead atoms. The zero-order valence-electron chi connectivity index (χ0n) is 19.5. The number of hydrogen-bond acceptors (Lipinski definition) is 4. The number of hydrogen-bond donors (Lipinski definition) is 2. The van der Waals surface area contributed by atoms with Gasteiger partial charge in [-0.3, -0.25) is 0 Å². The van der Waals surface area contributed by atoms with E-state index in [2.05, 4.69) is 26.1 Å². The van der Waals surface area contributed by atoms with Gasteiger partial charge < -0.3 is 19.9 Å². The minimum Gasteiger partial charge on any atom is -0.487 e. The first kappa shape index (κ1) is 27.8. The molecule has 1 fully saturated rings. The van der Waals surface area contributed by atoms with E-state index in [0.717, 1.165) is 44.6 Å². The van der Waals surface area contributed by atoms with Gasteiger partial charge in [-0.2, -0.15) is 0 Å². The van der Waals surface area contributed by atoms with Crippen LogP contribution in [0.1, 0.15) is 85.7 Å². The molecule has 0 saturated heterocycles. The summed E-state index contributed by atoms with van der Waals surface area (Å²) in [5.74, 6) is 0.873. The zero-order chi connectivity index (χ0) is 22.1. The van der Waals surface area contributed by atoms with Crippen LogP contribution in [-0.4, -0.2) is 38.6 Å². The van der Waals surface area contributed by atoms with Crippen LogP contribution in [0, 0.1) is 11.7 Å². The second kappa shape index (κ2) is 17.7. The average Bonchev–Trinajstić information content (AvgIpc) is 3.27. The van der Waals surface area contributed by atoms with Crippen LogP contribution >= 0.6 is 0 Å². The lowest BCUT2D eigenvalue weighted by molar-refractivity contribution is 0.101. The lowest BCUT2D eigenvalue weighted by Gasteiger charge is -2.16. The van der Waals surface area contributed by atoms with Crippen molar-refractivity contribution in [2.75, 3.05) is 27.4 Å². The summed E-state index contributed by atoms with van der Waals surface area (Å²) in [7, 11) is 2.89. The predicted octanol–water partition coefficient (Wildman–Crippen LogP) is 6.13. The fourth-order valence-electron chi connectivity index (χ4n) is 2.88. The van der Waals surface area contributed by atoms with Gasteiger partial charge in [-0.25, -0.2) is 4.39 Å². The quantitative estimate of drug-likeness (QED) is 0.451. The standard InChI is InChI=1S/C14H20FNO.C9H20O.CH4O.H2/c1-10(16-2)11-7-8-13(15)14(9-11)17-12-5-3-4-6-12;1-4-6-7-10-8-9(3)5-2;1-2;/h7-10,12,16H,3-6H2,1-2H3;9H,4-8H2,1-3H3;2H,1H3;1H/t10-;;;/m1.../s1. The van der Waals surface area contributed by atoms with Crippen LogP contribution in [0.3, 0.4) is 0 Å². The molecule has 0 aromatic heterocycles. The number of nitrogens with one attached hydrogen (secondary N) is 1. The molecule has 0 radical (unpaired) electrons. The van der Waals surface area contributed by atoms with Crippen molar-refractivity contribution in [2.24, 2.45) is 5.92 Å². The average molecular weight is 416 g/mol. The first-order chi connectivity index (χ1) is 14.0. The van der Waals surface area contributed by atoms with Crippen LogP contribution < -0.4 is 10.1 Å². The molecule has 1 aromatic rings. The Hall–Kier alpha value is -1.17. The molecule has 5 heteroatoms. The molecule has 0 aliphatic heterocycles. The van der Waals surface area contributed by atoms with Gasteiger partial charge in [0.25, 0.3) is 0 Å². The van der Waals surface area contributed by atoms with Crippen molar-refractivity contribution >= 4 is 0 Å². The van der Waals surface area contributed by atoms with Crippen molar-refractivity contribution in [3.63, 3.8) is 0 Å². The van der Waals surface area contributed by atoms with Gasteiger partial charge in [0.2, 0.25) is 0 Å². The molecular formula is C24H46FNO3. The van der Waals surface area contributed by atoms with Crippen molar-refractivity contribution in [3.8, 4) is 5.75 Å². The molecule has 0 amide bonds. The highest BCUT2D eigenvalue weighted by Crippen LogP contribution is 2.28. The zero-order valence-corrected chi connectivity index (χ0v) is 19.5. The molecule has 0 spiro atoms. The monoisotopic (exact) mass is 415 g/mol. The van der Waals surface area contributed by atoms with E-state index in [-0.39, 0.29) is 19.4 Å². The van der Waals surface area contributed by atoms with E-state index in [0.29, 0.717) is 5.75 Å². The lowest BCUT2D eigenvalue weighted by Crippen LogP contribution is -2.15. The SMILES string of the molecule is CCCCOCC(C)CC.CN[C@H](C)c1ccc(F)c(OC2CCCC2)c1.CO.[HH]. The van der Waals surface area contributed by atoms with Crippen molar-refractivity contribution < 1.29 is 20.4 Å². The summed E-state index contributed by atoms with van der Waals surface area (Å²) in [5, 5.41) is 10.1. The summed E-state index contributed by atoms with van der Waals surface area (Å²) in [6, 6.07) is 5.32. The van der Waals surface area contributed by atoms with Crippen molar-refractivity contribution in [1.82, 2.24) is 5.32 Å². The summed E-state index contributed by atoms with van der Waals surface area (Å²) in [4.78, 5) is 0. The van der Waals surface area contributed by atoms with Crippen molar-refractivity contribution in [2.45, 2.75) is 84.8 Å². The minimum atomic E-state index is -0.260. The van der Waals surface area contributed by atoms with E-state index in [1.54, 1.807) is 6.07 Å². The maximum atomic E-state index is 13.6. The van der Waals surface area contributed by atoms with E-state index in [4.69, 9.17) is 14.6 Å². The largest absolute Gasteiger partial charge is 0.487 e. The Morgan fingerprint density at radius 3 is 2.41 bits per heavy atom. The fraction of sp³-hybridized carbons (Fsp3) is 0.750. The summed E-state index contributed by atoms with van der Waals surface area (Å²) in [5.41, 5.74) is 1.06. The number of benzene rings is 1. The Labute approximate surface area is 179 Å².